The number of hydrogen-bond acceptors (Lipinski definition) is 3. The summed E-state index contributed by atoms with van der Waals surface area (Å²) < 4.78 is 0. The number of nitrogens with two attached hydrogens (primary N) is 1. The van der Waals surface area contributed by atoms with E-state index in [1.165, 1.54) is 11.1 Å². The zero-order valence-electron chi connectivity index (χ0n) is 11.8. The van der Waals surface area contributed by atoms with Gasteiger partial charge in [0.05, 0.1) is 5.52 Å². The lowest BCUT2D eigenvalue weighted by atomic mass is 9.63. The molecule has 1 saturated carbocycles. The fraction of sp³-hybridized carbons (Fsp3) is 0.438. The highest BCUT2D eigenvalue weighted by Crippen LogP contribution is 2.41. The standard InChI is InChI=1S/C16H21N3/c1-10-8-13(11-6-4-5-7-12(11)18-10)19-15-9-14(17)16(15,2)3/h4-8,14-15H,9,17H2,1-3H3,(H,18,19). The van der Waals surface area contributed by atoms with Gasteiger partial charge in [0, 0.05) is 34.3 Å². The van der Waals surface area contributed by atoms with Crippen LogP contribution in [0.3, 0.4) is 0 Å². The number of benzene rings is 1. The van der Waals surface area contributed by atoms with E-state index in [4.69, 9.17) is 5.73 Å². The summed E-state index contributed by atoms with van der Waals surface area (Å²) in [4.78, 5) is 4.57. The van der Waals surface area contributed by atoms with E-state index in [0.717, 1.165) is 17.6 Å². The van der Waals surface area contributed by atoms with E-state index in [-0.39, 0.29) is 5.41 Å². The van der Waals surface area contributed by atoms with Gasteiger partial charge in [-0.25, -0.2) is 0 Å². The summed E-state index contributed by atoms with van der Waals surface area (Å²) in [6, 6.07) is 11.1. The third kappa shape index (κ3) is 1.98. The number of rotatable bonds is 2. The Kier molecular flexibility index (Phi) is 2.75. The topological polar surface area (TPSA) is 50.9 Å². The number of aromatic nitrogens is 1. The summed E-state index contributed by atoms with van der Waals surface area (Å²) in [6.07, 6.45) is 1.03. The molecule has 0 aliphatic heterocycles. The quantitative estimate of drug-likeness (QED) is 0.867. The third-order valence-corrected chi connectivity index (χ3v) is 4.52. The SMILES string of the molecule is Cc1cc(NC2CC(N)C2(C)C)c2ccccc2n1. The van der Waals surface area contributed by atoms with Gasteiger partial charge >= 0.3 is 0 Å². The number of nitrogens with zero attached hydrogens (tertiary/aromatic N) is 1. The lowest BCUT2D eigenvalue weighted by Crippen LogP contribution is -2.61. The molecule has 3 heteroatoms. The minimum absolute atomic E-state index is 0.151. The van der Waals surface area contributed by atoms with Crippen molar-refractivity contribution in [2.45, 2.75) is 39.3 Å². The van der Waals surface area contributed by atoms with Crippen molar-refractivity contribution in [1.29, 1.82) is 0 Å². The van der Waals surface area contributed by atoms with Gasteiger partial charge in [0.2, 0.25) is 0 Å². The van der Waals surface area contributed by atoms with E-state index in [2.05, 4.69) is 48.4 Å². The van der Waals surface area contributed by atoms with E-state index in [1.54, 1.807) is 0 Å². The van der Waals surface area contributed by atoms with Crippen LogP contribution < -0.4 is 11.1 Å². The first-order valence-corrected chi connectivity index (χ1v) is 6.87. The Morgan fingerprint density at radius 3 is 2.74 bits per heavy atom. The van der Waals surface area contributed by atoms with Crippen LogP contribution in [0.2, 0.25) is 0 Å². The fourth-order valence-electron chi connectivity index (χ4n) is 2.82. The Balaban J connectivity index is 1.97. The van der Waals surface area contributed by atoms with Gasteiger partial charge in [-0.05, 0) is 25.5 Å². The van der Waals surface area contributed by atoms with Crippen LogP contribution in [0.15, 0.2) is 30.3 Å². The van der Waals surface area contributed by atoms with Crippen LogP contribution >= 0.6 is 0 Å². The van der Waals surface area contributed by atoms with Gasteiger partial charge in [0.1, 0.15) is 0 Å². The number of nitrogens with one attached hydrogen (secondary N) is 1. The molecule has 1 aromatic carbocycles. The van der Waals surface area contributed by atoms with Crippen LogP contribution in [-0.2, 0) is 0 Å². The predicted octanol–water partition coefficient (Wildman–Crippen LogP) is 3.08. The highest BCUT2D eigenvalue weighted by Gasteiger charge is 2.46. The second-order valence-electron chi connectivity index (χ2n) is 6.19. The zero-order chi connectivity index (χ0) is 13.6. The molecule has 2 unspecified atom stereocenters. The lowest BCUT2D eigenvalue weighted by Gasteiger charge is -2.51. The van der Waals surface area contributed by atoms with Gasteiger partial charge < -0.3 is 11.1 Å². The molecular formula is C16H21N3. The van der Waals surface area contributed by atoms with Crippen LogP contribution in [0.25, 0.3) is 10.9 Å². The molecule has 2 aromatic rings. The molecule has 1 aliphatic rings. The van der Waals surface area contributed by atoms with Crippen LogP contribution in [0.5, 0.6) is 0 Å². The minimum atomic E-state index is 0.151. The maximum absolute atomic E-state index is 6.09. The van der Waals surface area contributed by atoms with Crippen molar-refractivity contribution in [1.82, 2.24) is 4.98 Å². The Bertz CT molecular complexity index is 618. The summed E-state index contributed by atoms with van der Waals surface area (Å²) in [6.45, 7) is 6.50. The van der Waals surface area contributed by atoms with Gasteiger partial charge in [0.15, 0.2) is 0 Å². The molecule has 3 nitrogen and oxygen atoms in total. The second-order valence-corrected chi connectivity index (χ2v) is 6.19. The first-order chi connectivity index (χ1) is 8.98. The summed E-state index contributed by atoms with van der Waals surface area (Å²) in [5, 5.41) is 4.85. The van der Waals surface area contributed by atoms with Gasteiger partial charge in [-0.2, -0.15) is 0 Å². The van der Waals surface area contributed by atoms with Crippen molar-refractivity contribution in [3.8, 4) is 0 Å². The normalized spacial score (nSPS) is 25.1. The zero-order valence-corrected chi connectivity index (χ0v) is 11.8. The molecule has 3 N–H and O–H groups in total. The monoisotopic (exact) mass is 255 g/mol. The molecular weight excluding hydrogens is 234 g/mol. The first-order valence-electron chi connectivity index (χ1n) is 6.87. The molecule has 100 valence electrons. The van der Waals surface area contributed by atoms with Crippen molar-refractivity contribution >= 4 is 16.6 Å². The second kappa shape index (κ2) is 4.20. The van der Waals surface area contributed by atoms with Crippen LogP contribution in [0.4, 0.5) is 5.69 Å². The molecule has 2 atom stereocenters. The average Bonchev–Trinajstić information content (AvgIpc) is 2.38. The Labute approximate surface area is 114 Å². The number of aryl methyl sites for hydroxylation is 1. The number of para-hydroxylation sites is 1. The summed E-state index contributed by atoms with van der Waals surface area (Å²) in [7, 11) is 0. The number of fused-ring (bicyclic) bond motifs is 1. The van der Waals surface area contributed by atoms with Crippen LogP contribution in [0, 0.1) is 12.3 Å². The van der Waals surface area contributed by atoms with Gasteiger partial charge in [0.25, 0.3) is 0 Å². The molecule has 0 bridgehead atoms. The molecule has 3 rings (SSSR count). The third-order valence-electron chi connectivity index (χ3n) is 4.52. The number of anilines is 1. The molecule has 0 radical (unpaired) electrons. The number of hydrogen-bond donors (Lipinski definition) is 2. The fourth-order valence-corrected chi connectivity index (χ4v) is 2.82. The molecule has 0 amide bonds. The van der Waals surface area contributed by atoms with E-state index in [9.17, 15) is 0 Å². The Morgan fingerprint density at radius 1 is 1.32 bits per heavy atom. The van der Waals surface area contributed by atoms with Gasteiger partial charge in [-0.1, -0.05) is 32.0 Å². The van der Waals surface area contributed by atoms with E-state index >= 15 is 0 Å². The van der Waals surface area contributed by atoms with Gasteiger partial charge in [-0.3, -0.25) is 4.98 Å². The molecule has 1 aliphatic carbocycles. The van der Waals surface area contributed by atoms with Crippen molar-refractivity contribution in [3.63, 3.8) is 0 Å². The van der Waals surface area contributed by atoms with Crippen LogP contribution in [0.1, 0.15) is 26.0 Å². The van der Waals surface area contributed by atoms with Gasteiger partial charge in [-0.15, -0.1) is 0 Å². The smallest absolute Gasteiger partial charge is 0.0725 e. The number of pyridine rings is 1. The maximum atomic E-state index is 6.09. The Morgan fingerprint density at radius 2 is 2.05 bits per heavy atom. The molecule has 1 fully saturated rings. The predicted molar refractivity (Wildman–Crippen MR) is 80.3 cm³/mol. The van der Waals surface area contributed by atoms with Crippen molar-refractivity contribution < 1.29 is 0 Å². The average molecular weight is 255 g/mol. The lowest BCUT2D eigenvalue weighted by molar-refractivity contribution is 0.117. The molecule has 1 heterocycles. The summed E-state index contributed by atoms with van der Waals surface area (Å²) in [5.41, 5.74) is 9.51. The Hall–Kier alpha value is -1.61. The van der Waals surface area contributed by atoms with E-state index < -0.39 is 0 Å². The van der Waals surface area contributed by atoms with Crippen molar-refractivity contribution in [3.05, 3.63) is 36.0 Å². The highest BCUT2D eigenvalue weighted by molar-refractivity contribution is 5.91. The summed E-state index contributed by atoms with van der Waals surface area (Å²) in [5.74, 6) is 0. The summed E-state index contributed by atoms with van der Waals surface area (Å²) >= 11 is 0. The highest BCUT2D eigenvalue weighted by atomic mass is 15.0. The molecule has 0 spiro atoms. The maximum Gasteiger partial charge on any atom is 0.0725 e. The molecule has 1 aromatic heterocycles. The van der Waals surface area contributed by atoms with Crippen LogP contribution in [-0.4, -0.2) is 17.1 Å². The van der Waals surface area contributed by atoms with Crippen molar-refractivity contribution in [2.24, 2.45) is 11.1 Å². The largest absolute Gasteiger partial charge is 0.381 e. The first kappa shape index (κ1) is 12.4. The van der Waals surface area contributed by atoms with Crippen molar-refractivity contribution in [2.75, 3.05) is 5.32 Å². The van der Waals surface area contributed by atoms with E-state index in [0.29, 0.717) is 12.1 Å². The molecule has 19 heavy (non-hydrogen) atoms. The minimum Gasteiger partial charge on any atom is -0.381 e. The van der Waals surface area contributed by atoms with E-state index in [1.807, 2.05) is 13.0 Å². The molecule has 0 saturated heterocycles.